The number of furan rings is 1. The first-order valence-electron chi connectivity index (χ1n) is 7.27. The number of amides is 1. The largest absolute Gasteiger partial charge is 0.459 e. The van der Waals surface area contributed by atoms with Crippen molar-refractivity contribution in [2.45, 2.75) is 26.0 Å². The van der Waals surface area contributed by atoms with Crippen LogP contribution < -0.4 is 10.6 Å². The van der Waals surface area contributed by atoms with Gasteiger partial charge in [-0.05, 0) is 19.9 Å². The Balaban J connectivity index is 0.00000176. The van der Waals surface area contributed by atoms with Gasteiger partial charge in [0.25, 0.3) is 5.91 Å². The number of hydrogen-bond donors (Lipinski definition) is 2. The van der Waals surface area contributed by atoms with Gasteiger partial charge in [0.15, 0.2) is 0 Å². The van der Waals surface area contributed by atoms with E-state index >= 15 is 0 Å². The highest BCUT2D eigenvalue weighted by molar-refractivity contribution is 5.85. The summed E-state index contributed by atoms with van der Waals surface area (Å²) in [5.41, 5.74) is 1.92. The van der Waals surface area contributed by atoms with Crippen molar-refractivity contribution in [3.8, 4) is 0 Å². The van der Waals surface area contributed by atoms with Gasteiger partial charge in [0.1, 0.15) is 17.4 Å². The molecule has 1 aliphatic heterocycles. The van der Waals surface area contributed by atoms with E-state index in [9.17, 15) is 4.79 Å². The van der Waals surface area contributed by atoms with Crippen LogP contribution in [0, 0.1) is 6.92 Å². The van der Waals surface area contributed by atoms with Crippen LogP contribution in [0.25, 0.3) is 11.0 Å². The average Bonchev–Trinajstić information content (AvgIpc) is 2.86. The lowest BCUT2D eigenvalue weighted by molar-refractivity contribution is -0.135. The quantitative estimate of drug-likeness (QED) is 0.909. The third kappa shape index (κ3) is 3.27. The Labute approximate surface area is 135 Å². The highest BCUT2D eigenvalue weighted by atomic mass is 35.5. The molecule has 1 saturated heterocycles. The first-order chi connectivity index (χ1) is 10.2. The highest BCUT2D eigenvalue weighted by Crippen LogP contribution is 2.29. The van der Waals surface area contributed by atoms with Gasteiger partial charge < -0.3 is 19.8 Å². The number of carbonyl (C=O) groups excluding carboxylic acids is 1. The summed E-state index contributed by atoms with van der Waals surface area (Å²) in [4.78, 5) is 12.2. The predicted octanol–water partition coefficient (Wildman–Crippen LogP) is 2.33. The van der Waals surface area contributed by atoms with Gasteiger partial charge in [0.2, 0.25) is 0 Å². The van der Waals surface area contributed by atoms with Crippen LogP contribution in [0.3, 0.4) is 0 Å². The lowest BCUT2D eigenvalue weighted by Crippen LogP contribution is -2.48. The van der Waals surface area contributed by atoms with Crippen LogP contribution in [0.4, 0.5) is 0 Å². The van der Waals surface area contributed by atoms with Crippen LogP contribution in [0.15, 0.2) is 28.7 Å². The summed E-state index contributed by atoms with van der Waals surface area (Å²) in [6, 6.07) is 7.71. The molecule has 3 rings (SSSR count). The number of morpholine rings is 1. The van der Waals surface area contributed by atoms with E-state index in [0.717, 1.165) is 28.8 Å². The Morgan fingerprint density at radius 3 is 2.86 bits per heavy atom. The maximum Gasteiger partial charge on any atom is 0.251 e. The Hall–Kier alpha value is -1.56. The van der Waals surface area contributed by atoms with E-state index in [1.807, 2.05) is 38.1 Å². The van der Waals surface area contributed by atoms with Gasteiger partial charge in [-0.1, -0.05) is 18.2 Å². The number of nitrogens with one attached hydrogen (secondary N) is 2. The molecule has 0 aliphatic carbocycles. The normalized spacial score (nSPS) is 19.5. The summed E-state index contributed by atoms with van der Waals surface area (Å²) in [7, 11) is 0. The zero-order valence-corrected chi connectivity index (χ0v) is 13.5. The third-order valence-corrected chi connectivity index (χ3v) is 3.85. The molecule has 6 heteroatoms. The molecule has 2 unspecified atom stereocenters. The fraction of sp³-hybridized carbons (Fsp3) is 0.438. The van der Waals surface area contributed by atoms with Crippen molar-refractivity contribution in [2.24, 2.45) is 0 Å². The molecule has 1 fully saturated rings. The molecule has 0 bridgehead atoms. The minimum Gasteiger partial charge on any atom is -0.459 e. The Kier molecular flexibility index (Phi) is 5.45. The summed E-state index contributed by atoms with van der Waals surface area (Å²) < 4.78 is 11.3. The van der Waals surface area contributed by atoms with E-state index in [1.165, 1.54) is 0 Å². The van der Waals surface area contributed by atoms with Crippen LogP contribution in [0.2, 0.25) is 0 Å². The van der Waals surface area contributed by atoms with E-state index in [0.29, 0.717) is 13.2 Å². The maximum atomic E-state index is 12.2. The summed E-state index contributed by atoms with van der Waals surface area (Å²) in [5, 5.41) is 7.21. The van der Waals surface area contributed by atoms with Gasteiger partial charge in [0, 0.05) is 24.0 Å². The molecule has 5 nitrogen and oxygen atoms in total. The van der Waals surface area contributed by atoms with Crippen molar-refractivity contribution in [1.82, 2.24) is 10.6 Å². The maximum absolute atomic E-state index is 12.2. The van der Waals surface area contributed by atoms with Crippen molar-refractivity contribution in [1.29, 1.82) is 0 Å². The predicted molar refractivity (Wildman–Crippen MR) is 87.4 cm³/mol. The molecule has 2 N–H and O–H groups in total. The number of para-hydroxylation sites is 1. The minimum absolute atomic E-state index is 0. The van der Waals surface area contributed by atoms with Crippen molar-refractivity contribution < 1.29 is 13.9 Å². The minimum atomic E-state index is -0.425. The second-order valence-corrected chi connectivity index (χ2v) is 5.38. The second-order valence-electron chi connectivity index (χ2n) is 5.38. The van der Waals surface area contributed by atoms with Gasteiger partial charge >= 0.3 is 0 Å². The van der Waals surface area contributed by atoms with E-state index in [1.54, 1.807) is 0 Å². The fourth-order valence-corrected chi connectivity index (χ4v) is 2.71. The molecular formula is C16H21ClN2O3. The van der Waals surface area contributed by atoms with Crippen LogP contribution >= 0.6 is 12.4 Å². The molecule has 0 spiro atoms. The molecule has 2 atom stereocenters. The molecule has 0 saturated carbocycles. The van der Waals surface area contributed by atoms with Crippen LogP contribution in [-0.4, -0.2) is 31.7 Å². The number of aryl methyl sites for hydroxylation is 1. The lowest BCUT2D eigenvalue weighted by atomic mass is 10.1. The van der Waals surface area contributed by atoms with Crippen molar-refractivity contribution in [2.75, 3.05) is 19.7 Å². The number of rotatable bonds is 3. The van der Waals surface area contributed by atoms with Crippen molar-refractivity contribution >= 4 is 29.3 Å². The zero-order chi connectivity index (χ0) is 14.8. The number of benzene rings is 1. The Morgan fingerprint density at radius 1 is 1.41 bits per heavy atom. The molecule has 1 aromatic carbocycles. The molecule has 1 aliphatic rings. The molecule has 2 heterocycles. The van der Waals surface area contributed by atoms with Gasteiger partial charge in [-0.3, -0.25) is 4.79 Å². The van der Waals surface area contributed by atoms with Gasteiger partial charge in [-0.15, -0.1) is 12.4 Å². The number of fused-ring (bicyclic) bond motifs is 1. The van der Waals surface area contributed by atoms with Crippen molar-refractivity contribution in [3.63, 3.8) is 0 Å². The van der Waals surface area contributed by atoms with E-state index in [-0.39, 0.29) is 24.4 Å². The molecule has 120 valence electrons. The van der Waals surface area contributed by atoms with Crippen LogP contribution in [0.5, 0.6) is 0 Å². The number of halogens is 1. The van der Waals surface area contributed by atoms with E-state index < -0.39 is 6.10 Å². The second kappa shape index (κ2) is 7.13. The lowest BCUT2D eigenvalue weighted by Gasteiger charge is -2.24. The number of carbonyl (C=O) groups is 1. The summed E-state index contributed by atoms with van der Waals surface area (Å²) >= 11 is 0. The molecule has 2 aromatic rings. The topological polar surface area (TPSA) is 63.5 Å². The van der Waals surface area contributed by atoms with E-state index in [4.69, 9.17) is 9.15 Å². The van der Waals surface area contributed by atoms with E-state index in [2.05, 4.69) is 10.6 Å². The van der Waals surface area contributed by atoms with Gasteiger partial charge in [-0.2, -0.15) is 0 Å². The highest BCUT2D eigenvalue weighted by Gasteiger charge is 2.25. The van der Waals surface area contributed by atoms with Gasteiger partial charge in [0.05, 0.1) is 12.6 Å². The molecule has 1 aromatic heterocycles. The molecule has 1 amide bonds. The van der Waals surface area contributed by atoms with Crippen LogP contribution in [0.1, 0.15) is 24.3 Å². The summed E-state index contributed by atoms with van der Waals surface area (Å²) in [6.45, 7) is 5.86. The average molecular weight is 325 g/mol. The smallest absolute Gasteiger partial charge is 0.251 e. The first kappa shape index (κ1) is 16.8. The summed E-state index contributed by atoms with van der Waals surface area (Å²) in [5.74, 6) is 0.697. The van der Waals surface area contributed by atoms with Crippen molar-refractivity contribution in [3.05, 3.63) is 35.6 Å². The zero-order valence-electron chi connectivity index (χ0n) is 12.7. The SMILES string of the molecule is Cc1c(C(C)NC(=O)C2CNCCO2)oc2ccccc12.Cl. The monoisotopic (exact) mass is 324 g/mol. The number of ether oxygens (including phenoxy) is 1. The van der Waals surface area contributed by atoms with Gasteiger partial charge in [-0.25, -0.2) is 0 Å². The number of hydrogen-bond acceptors (Lipinski definition) is 4. The summed E-state index contributed by atoms with van der Waals surface area (Å²) in [6.07, 6.45) is -0.425. The molecule has 22 heavy (non-hydrogen) atoms. The first-order valence-corrected chi connectivity index (χ1v) is 7.27. The third-order valence-electron chi connectivity index (χ3n) is 3.85. The Bertz CT molecular complexity index is 650. The molecular weight excluding hydrogens is 304 g/mol. The fourth-order valence-electron chi connectivity index (χ4n) is 2.71. The molecule has 0 radical (unpaired) electrons. The van der Waals surface area contributed by atoms with Crippen LogP contribution in [-0.2, 0) is 9.53 Å². The standard InChI is InChI=1S/C16H20N2O3.ClH/c1-10-12-5-3-4-6-13(12)21-15(10)11(2)18-16(19)14-9-17-7-8-20-14;/h3-6,11,14,17H,7-9H2,1-2H3,(H,18,19);1H. The Morgan fingerprint density at radius 2 is 2.18 bits per heavy atom.